The zero-order chi connectivity index (χ0) is 11.6. The molecule has 86 valence electrons. The second-order valence-electron chi connectivity index (χ2n) is 4.09. The number of aromatic nitrogens is 2. The predicted molar refractivity (Wildman–Crippen MR) is 61.8 cm³/mol. The summed E-state index contributed by atoms with van der Waals surface area (Å²) in [5.74, 6) is 0. The van der Waals surface area contributed by atoms with Crippen LogP contribution in [0.2, 0.25) is 0 Å². The van der Waals surface area contributed by atoms with Gasteiger partial charge in [0.1, 0.15) is 5.60 Å². The SMILES string of the molecule is COCC(C)(O)c1c(Br)cnn1C(C)C. The Kier molecular flexibility index (Phi) is 3.92. The van der Waals surface area contributed by atoms with Crippen molar-refractivity contribution in [2.24, 2.45) is 0 Å². The molecular weight excluding hydrogens is 260 g/mol. The van der Waals surface area contributed by atoms with Gasteiger partial charge in [-0.1, -0.05) is 0 Å². The third-order valence-electron chi connectivity index (χ3n) is 2.18. The monoisotopic (exact) mass is 276 g/mol. The number of halogens is 1. The van der Waals surface area contributed by atoms with Gasteiger partial charge in [-0.25, -0.2) is 0 Å². The van der Waals surface area contributed by atoms with Gasteiger partial charge in [-0.05, 0) is 36.7 Å². The lowest BCUT2D eigenvalue weighted by Crippen LogP contribution is -2.31. The van der Waals surface area contributed by atoms with E-state index >= 15 is 0 Å². The topological polar surface area (TPSA) is 47.3 Å². The zero-order valence-electron chi connectivity index (χ0n) is 9.49. The Balaban J connectivity index is 3.16. The molecule has 0 amide bonds. The smallest absolute Gasteiger partial charge is 0.128 e. The third kappa shape index (κ3) is 2.59. The van der Waals surface area contributed by atoms with Gasteiger partial charge >= 0.3 is 0 Å². The first-order valence-corrected chi connectivity index (χ1v) is 5.64. The second kappa shape index (κ2) is 4.63. The maximum Gasteiger partial charge on any atom is 0.128 e. The van der Waals surface area contributed by atoms with Crippen LogP contribution in [0, 0.1) is 0 Å². The Labute approximate surface area is 98.4 Å². The van der Waals surface area contributed by atoms with E-state index in [0.717, 1.165) is 10.2 Å². The fraction of sp³-hybridized carbons (Fsp3) is 0.700. The lowest BCUT2D eigenvalue weighted by atomic mass is 10.0. The predicted octanol–water partition coefficient (Wildman–Crippen LogP) is 2.08. The number of methoxy groups -OCH3 is 1. The summed E-state index contributed by atoms with van der Waals surface area (Å²) in [6.07, 6.45) is 1.69. The molecule has 0 aliphatic carbocycles. The standard InChI is InChI=1S/C10H17BrN2O2/c1-7(2)13-9(8(11)5-12-13)10(3,14)6-15-4/h5,7,14H,6H2,1-4H3. The highest BCUT2D eigenvalue weighted by Gasteiger charge is 2.30. The van der Waals surface area contributed by atoms with Gasteiger partial charge in [-0.15, -0.1) is 0 Å². The van der Waals surface area contributed by atoms with Crippen molar-refractivity contribution < 1.29 is 9.84 Å². The van der Waals surface area contributed by atoms with E-state index in [0.29, 0.717) is 0 Å². The molecule has 1 aromatic rings. The van der Waals surface area contributed by atoms with Gasteiger partial charge in [-0.3, -0.25) is 4.68 Å². The van der Waals surface area contributed by atoms with Crippen molar-refractivity contribution in [3.05, 3.63) is 16.4 Å². The Bertz CT molecular complexity index is 334. The van der Waals surface area contributed by atoms with Crippen molar-refractivity contribution in [3.63, 3.8) is 0 Å². The van der Waals surface area contributed by atoms with E-state index in [4.69, 9.17) is 4.74 Å². The van der Waals surface area contributed by atoms with Gasteiger partial charge in [0.25, 0.3) is 0 Å². The quantitative estimate of drug-likeness (QED) is 0.916. The number of nitrogens with zero attached hydrogens (tertiary/aromatic N) is 2. The molecule has 0 aliphatic rings. The molecule has 1 heterocycles. The highest BCUT2D eigenvalue weighted by atomic mass is 79.9. The van der Waals surface area contributed by atoms with E-state index in [1.165, 1.54) is 0 Å². The van der Waals surface area contributed by atoms with Gasteiger partial charge in [-0.2, -0.15) is 5.10 Å². The fourth-order valence-electron chi connectivity index (χ4n) is 1.59. The molecular formula is C10H17BrN2O2. The van der Waals surface area contributed by atoms with Crippen LogP contribution in [-0.2, 0) is 10.3 Å². The van der Waals surface area contributed by atoms with Crippen molar-refractivity contribution >= 4 is 15.9 Å². The van der Waals surface area contributed by atoms with Crippen LogP contribution < -0.4 is 0 Å². The molecule has 0 saturated carbocycles. The van der Waals surface area contributed by atoms with Gasteiger partial charge in [0.15, 0.2) is 0 Å². The first-order valence-electron chi connectivity index (χ1n) is 4.85. The van der Waals surface area contributed by atoms with E-state index < -0.39 is 5.60 Å². The third-order valence-corrected chi connectivity index (χ3v) is 2.76. The lowest BCUT2D eigenvalue weighted by Gasteiger charge is -2.25. The average Bonchev–Trinajstić information content (AvgIpc) is 2.47. The zero-order valence-corrected chi connectivity index (χ0v) is 11.1. The van der Waals surface area contributed by atoms with Crippen LogP contribution in [0.5, 0.6) is 0 Å². The maximum absolute atomic E-state index is 10.3. The van der Waals surface area contributed by atoms with Crippen LogP contribution in [-0.4, -0.2) is 28.6 Å². The number of hydrogen-bond acceptors (Lipinski definition) is 3. The van der Waals surface area contributed by atoms with E-state index in [1.54, 1.807) is 24.9 Å². The summed E-state index contributed by atoms with van der Waals surface area (Å²) < 4.78 is 7.61. The Morgan fingerprint density at radius 1 is 1.67 bits per heavy atom. The molecule has 0 spiro atoms. The fourth-order valence-corrected chi connectivity index (χ4v) is 2.29. The highest BCUT2D eigenvalue weighted by Crippen LogP contribution is 2.30. The minimum Gasteiger partial charge on any atom is -0.381 e. The maximum atomic E-state index is 10.3. The van der Waals surface area contributed by atoms with Crippen LogP contribution in [0.15, 0.2) is 10.7 Å². The molecule has 1 rings (SSSR count). The second-order valence-corrected chi connectivity index (χ2v) is 4.94. The summed E-state index contributed by atoms with van der Waals surface area (Å²) in [7, 11) is 1.57. The molecule has 1 atom stereocenters. The van der Waals surface area contributed by atoms with Crippen LogP contribution >= 0.6 is 15.9 Å². The number of hydrogen-bond donors (Lipinski definition) is 1. The van der Waals surface area contributed by atoms with Crippen LogP contribution in [0.4, 0.5) is 0 Å². The summed E-state index contributed by atoms with van der Waals surface area (Å²) in [6.45, 7) is 6.00. The van der Waals surface area contributed by atoms with Gasteiger partial charge in [0.2, 0.25) is 0 Å². The van der Waals surface area contributed by atoms with Crippen LogP contribution in [0.1, 0.15) is 32.5 Å². The molecule has 15 heavy (non-hydrogen) atoms. The molecule has 4 nitrogen and oxygen atoms in total. The average molecular weight is 277 g/mol. The number of ether oxygens (including phenoxy) is 1. The first-order chi connectivity index (χ1) is 6.90. The van der Waals surface area contributed by atoms with Crippen LogP contribution in [0.25, 0.3) is 0 Å². The van der Waals surface area contributed by atoms with E-state index in [2.05, 4.69) is 21.0 Å². The highest BCUT2D eigenvalue weighted by molar-refractivity contribution is 9.10. The first kappa shape index (κ1) is 12.7. The summed E-state index contributed by atoms with van der Waals surface area (Å²) >= 11 is 3.39. The molecule has 0 radical (unpaired) electrons. The van der Waals surface area contributed by atoms with Crippen molar-refractivity contribution in [2.75, 3.05) is 13.7 Å². The number of rotatable bonds is 4. The van der Waals surface area contributed by atoms with E-state index in [-0.39, 0.29) is 12.6 Å². The molecule has 0 fully saturated rings. The van der Waals surface area contributed by atoms with Crippen molar-refractivity contribution in [2.45, 2.75) is 32.4 Å². The Morgan fingerprint density at radius 3 is 2.73 bits per heavy atom. The minimum absolute atomic E-state index is 0.203. The van der Waals surface area contributed by atoms with E-state index in [1.807, 2.05) is 13.8 Å². The summed E-state index contributed by atoms with van der Waals surface area (Å²) in [5.41, 5.74) is -0.284. The molecule has 5 heteroatoms. The molecule has 0 bridgehead atoms. The Morgan fingerprint density at radius 2 is 2.27 bits per heavy atom. The normalized spacial score (nSPS) is 15.7. The van der Waals surface area contributed by atoms with E-state index in [9.17, 15) is 5.11 Å². The van der Waals surface area contributed by atoms with Gasteiger partial charge in [0.05, 0.1) is 23.0 Å². The summed E-state index contributed by atoms with van der Waals surface area (Å²) in [5, 5.41) is 14.5. The summed E-state index contributed by atoms with van der Waals surface area (Å²) in [6, 6.07) is 0.203. The number of aliphatic hydroxyl groups is 1. The molecule has 0 aromatic carbocycles. The van der Waals surface area contributed by atoms with Gasteiger partial charge in [0, 0.05) is 13.2 Å². The van der Waals surface area contributed by atoms with Crippen molar-refractivity contribution in [1.82, 2.24) is 9.78 Å². The molecule has 1 N–H and O–H groups in total. The van der Waals surface area contributed by atoms with Crippen molar-refractivity contribution in [1.29, 1.82) is 0 Å². The molecule has 0 aliphatic heterocycles. The van der Waals surface area contributed by atoms with Gasteiger partial charge < -0.3 is 9.84 Å². The van der Waals surface area contributed by atoms with Crippen molar-refractivity contribution in [3.8, 4) is 0 Å². The van der Waals surface area contributed by atoms with Crippen LogP contribution in [0.3, 0.4) is 0 Å². The Hall–Kier alpha value is -0.390. The molecule has 1 aromatic heterocycles. The lowest BCUT2D eigenvalue weighted by molar-refractivity contribution is -0.0283. The largest absolute Gasteiger partial charge is 0.381 e. The minimum atomic E-state index is -1.03. The summed E-state index contributed by atoms with van der Waals surface area (Å²) in [4.78, 5) is 0. The molecule has 0 saturated heterocycles. The molecule has 1 unspecified atom stereocenters.